The smallest absolute Gasteiger partial charge is 0.352 e. The minimum Gasteiger partial charge on any atom is -0.493 e. The second kappa shape index (κ2) is 16.5. The number of aromatic carboxylic acids is 1. The fraction of sp³-hybridized carbons (Fsp3) is 0.364. The molecule has 0 aliphatic carbocycles. The van der Waals surface area contributed by atoms with Crippen molar-refractivity contribution in [3.63, 3.8) is 0 Å². The zero-order valence-corrected chi connectivity index (χ0v) is 34.4. The van der Waals surface area contributed by atoms with Gasteiger partial charge in [-0.2, -0.15) is 22.1 Å². The lowest BCUT2D eigenvalue weighted by Crippen LogP contribution is -2.51. The molecule has 0 radical (unpaired) electrons. The molecule has 4 heterocycles. The van der Waals surface area contributed by atoms with Gasteiger partial charge in [0.05, 0.1) is 23.5 Å². The van der Waals surface area contributed by atoms with Crippen molar-refractivity contribution in [3.05, 3.63) is 108 Å². The summed E-state index contributed by atoms with van der Waals surface area (Å²) in [6, 6.07) is 28.3. The second-order valence-electron chi connectivity index (χ2n) is 15.4. The van der Waals surface area contributed by atoms with Crippen molar-refractivity contribution in [2.75, 3.05) is 65.4 Å². The Morgan fingerprint density at radius 1 is 0.845 bits per heavy atom. The molecule has 1 saturated heterocycles. The number of anilines is 1. The van der Waals surface area contributed by atoms with E-state index >= 15 is 0 Å². The van der Waals surface area contributed by atoms with Gasteiger partial charge in [-0.05, 0) is 74.1 Å². The minimum atomic E-state index is -3.44. The molecular formula is C44H51N7O6S. The molecule has 0 saturated carbocycles. The summed E-state index contributed by atoms with van der Waals surface area (Å²) in [5.41, 5.74) is 6.79. The number of hydrogen-bond acceptors (Lipinski definition) is 8. The molecule has 8 rings (SSSR count). The molecule has 0 atom stereocenters. The van der Waals surface area contributed by atoms with Gasteiger partial charge in [0.2, 0.25) is 0 Å². The molecule has 2 aromatic heterocycles. The van der Waals surface area contributed by atoms with Crippen LogP contribution in [0.15, 0.2) is 84.9 Å². The number of carboxylic acids is 1. The highest BCUT2D eigenvalue weighted by Crippen LogP contribution is 2.40. The predicted molar refractivity (Wildman–Crippen MR) is 227 cm³/mol. The molecule has 14 heteroatoms. The molecule has 0 unspecified atom stereocenters. The Labute approximate surface area is 339 Å². The summed E-state index contributed by atoms with van der Waals surface area (Å²) in [6.07, 6.45) is 1.99. The second-order valence-corrected chi connectivity index (χ2v) is 17.5. The topological polar surface area (TPSA) is 126 Å². The SMILES string of the molecule is CN1CCCn2c(C(=O)O)c(CCCOc3cccc4ccccc34)c3cccc(c32)-c2c(nn(C)c2COc2ccc(N3CCN(S(=O)(=O)N(C)C)CC3)cc2)C1. The molecular weight excluding hydrogens is 755 g/mol. The first-order valence-corrected chi connectivity index (χ1v) is 21.3. The number of ether oxygens (including phenoxy) is 2. The maximum atomic E-state index is 13.2. The summed E-state index contributed by atoms with van der Waals surface area (Å²) in [5.74, 6) is 0.594. The summed E-state index contributed by atoms with van der Waals surface area (Å²) >= 11 is 0. The average molecular weight is 806 g/mol. The van der Waals surface area contributed by atoms with E-state index in [1.807, 2.05) is 70.9 Å². The Hall–Kier alpha value is -5.41. The first-order chi connectivity index (χ1) is 28.0. The van der Waals surface area contributed by atoms with Crippen LogP contribution in [-0.2, 0) is 43.4 Å². The van der Waals surface area contributed by atoms with Crippen molar-refractivity contribution in [3.8, 4) is 22.6 Å². The Morgan fingerprint density at radius 3 is 2.33 bits per heavy atom. The van der Waals surface area contributed by atoms with Gasteiger partial charge in [-0.25, -0.2) is 4.79 Å². The number of nitrogens with zero attached hydrogens (tertiary/aromatic N) is 7. The van der Waals surface area contributed by atoms with E-state index in [1.54, 1.807) is 14.1 Å². The van der Waals surface area contributed by atoms with Gasteiger partial charge in [0.25, 0.3) is 10.2 Å². The van der Waals surface area contributed by atoms with E-state index in [1.165, 1.54) is 8.61 Å². The van der Waals surface area contributed by atoms with Crippen molar-refractivity contribution in [2.45, 2.75) is 39.0 Å². The zero-order valence-electron chi connectivity index (χ0n) is 33.6. The monoisotopic (exact) mass is 805 g/mol. The van der Waals surface area contributed by atoms with Gasteiger partial charge in [0.1, 0.15) is 23.8 Å². The third kappa shape index (κ3) is 7.64. The van der Waals surface area contributed by atoms with Crippen LogP contribution in [0.4, 0.5) is 5.69 Å². The van der Waals surface area contributed by atoms with Crippen LogP contribution in [0.1, 0.15) is 40.3 Å². The molecule has 6 aromatic rings. The van der Waals surface area contributed by atoms with Crippen LogP contribution >= 0.6 is 0 Å². The van der Waals surface area contributed by atoms with Crippen molar-refractivity contribution < 1.29 is 27.8 Å². The fourth-order valence-corrected chi connectivity index (χ4v) is 9.60. The van der Waals surface area contributed by atoms with Crippen LogP contribution in [0.3, 0.4) is 0 Å². The maximum Gasteiger partial charge on any atom is 0.352 e. The first kappa shape index (κ1) is 39.4. The highest BCUT2D eigenvalue weighted by Gasteiger charge is 2.30. The van der Waals surface area contributed by atoms with Gasteiger partial charge in [-0.3, -0.25) is 4.68 Å². The zero-order chi connectivity index (χ0) is 40.6. The van der Waals surface area contributed by atoms with Gasteiger partial charge < -0.3 is 28.9 Å². The molecule has 4 aromatic carbocycles. The number of benzene rings is 4. The highest BCUT2D eigenvalue weighted by molar-refractivity contribution is 7.86. The van der Waals surface area contributed by atoms with Gasteiger partial charge in [-0.15, -0.1) is 0 Å². The number of carboxylic acid groups (broad SMARTS) is 1. The summed E-state index contributed by atoms with van der Waals surface area (Å²) < 4.78 is 44.6. The van der Waals surface area contributed by atoms with E-state index < -0.39 is 16.2 Å². The van der Waals surface area contributed by atoms with E-state index in [0.29, 0.717) is 70.2 Å². The number of carbonyl (C=O) groups is 1. The van der Waals surface area contributed by atoms with Crippen molar-refractivity contribution in [1.82, 2.24) is 27.9 Å². The number of hydrogen-bond donors (Lipinski definition) is 1. The van der Waals surface area contributed by atoms with Crippen LogP contribution < -0.4 is 14.4 Å². The molecule has 1 N–H and O–H groups in total. The molecule has 58 heavy (non-hydrogen) atoms. The molecule has 0 spiro atoms. The maximum absolute atomic E-state index is 13.2. The number of aryl methyl sites for hydroxylation is 3. The Bertz CT molecular complexity index is 2550. The number of rotatable bonds is 12. The van der Waals surface area contributed by atoms with E-state index in [-0.39, 0.29) is 6.61 Å². The Morgan fingerprint density at radius 2 is 1.57 bits per heavy atom. The number of fused-ring (bicyclic) bond motifs is 3. The van der Waals surface area contributed by atoms with Gasteiger partial charge in [0.15, 0.2) is 0 Å². The molecule has 1 fully saturated rings. The van der Waals surface area contributed by atoms with Crippen molar-refractivity contribution in [2.24, 2.45) is 7.05 Å². The van der Waals surface area contributed by atoms with Crippen LogP contribution in [0.5, 0.6) is 11.5 Å². The normalized spacial score (nSPS) is 15.6. The van der Waals surface area contributed by atoms with Crippen molar-refractivity contribution >= 4 is 43.5 Å². The van der Waals surface area contributed by atoms with Crippen LogP contribution in [0.2, 0.25) is 0 Å². The highest BCUT2D eigenvalue weighted by atomic mass is 32.2. The van der Waals surface area contributed by atoms with Crippen LogP contribution in [0.25, 0.3) is 32.8 Å². The lowest BCUT2D eigenvalue weighted by Gasteiger charge is -2.36. The Kier molecular flexibility index (Phi) is 11.2. The number of piperazine rings is 1. The van der Waals surface area contributed by atoms with E-state index in [0.717, 1.165) is 74.2 Å². The summed E-state index contributed by atoms with van der Waals surface area (Å²) in [6.45, 7) is 4.74. The minimum absolute atomic E-state index is 0.254. The third-order valence-corrected chi connectivity index (χ3v) is 13.4. The number of aromatic nitrogens is 3. The molecule has 0 bridgehead atoms. The quantitative estimate of drug-likeness (QED) is 0.143. The average Bonchev–Trinajstić information content (AvgIpc) is 3.71. The lowest BCUT2D eigenvalue weighted by atomic mass is 9.97. The molecule has 13 nitrogen and oxygen atoms in total. The van der Waals surface area contributed by atoms with Crippen LogP contribution in [-0.4, -0.2) is 108 Å². The molecule has 0 amide bonds. The van der Waals surface area contributed by atoms with Gasteiger partial charge >= 0.3 is 5.97 Å². The third-order valence-electron chi connectivity index (χ3n) is 11.4. The van der Waals surface area contributed by atoms with E-state index in [4.69, 9.17) is 14.6 Å². The fourth-order valence-electron chi connectivity index (χ4n) is 8.51. The summed E-state index contributed by atoms with van der Waals surface area (Å²) in [4.78, 5) is 17.6. The lowest BCUT2D eigenvalue weighted by molar-refractivity contribution is 0.0683. The number of para-hydroxylation sites is 1. The summed E-state index contributed by atoms with van der Waals surface area (Å²) in [5, 5.41) is 18.9. The molecule has 2 aliphatic rings. The largest absolute Gasteiger partial charge is 0.493 e. The van der Waals surface area contributed by atoms with Gasteiger partial charge in [-0.1, -0.05) is 54.6 Å². The summed E-state index contributed by atoms with van der Waals surface area (Å²) in [7, 11) is 3.70. The molecule has 304 valence electrons. The standard InChI is InChI=1S/C44H51N7O6S/c1-46(2)58(54,55)50-26-24-49(25-27-50)32-18-20-33(21-19-32)57-30-39-41-37-15-8-14-35-36(16-9-28-56-40-17-7-12-31-11-5-6-13-34(31)40)43(44(52)53)51(42(35)37)23-10-22-47(3)29-38(41)45-48(39)4/h5-8,11-15,17-21H,9-10,16,22-30H2,1-4H3,(H,52,53). The predicted octanol–water partition coefficient (Wildman–Crippen LogP) is 6.25. The molecule has 2 aliphatic heterocycles. The van der Waals surface area contributed by atoms with Crippen LogP contribution in [0, 0.1) is 0 Å². The van der Waals surface area contributed by atoms with E-state index in [9.17, 15) is 18.3 Å². The van der Waals surface area contributed by atoms with Crippen molar-refractivity contribution in [1.29, 1.82) is 0 Å². The Balaban J connectivity index is 1.06. The van der Waals surface area contributed by atoms with E-state index in [2.05, 4.69) is 47.2 Å². The van der Waals surface area contributed by atoms with Gasteiger partial charge in [0, 0.05) is 88.0 Å². The first-order valence-electron chi connectivity index (χ1n) is 19.9.